The second-order valence-corrected chi connectivity index (χ2v) is 8.76. The van der Waals surface area contributed by atoms with Gasteiger partial charge >= 0.3 is 5.97 Å². The van der Waals surface area contributed by atoms with Crippen molar-refractivity contribution in [3.63, 3.8) is 0 Å². The highest BCUT2D eigenvalue weighted by Crippen LogP contribution is 2.16. The molecule has 0 fully saturated rings. The first-order valence-electron chi connectivity index (χ1n) is 9.21. The summed E-state index contributed by atoms with van der Waals surface area (Å²) in [6, 6.07) is 12.9. The fourth-order valence-corrected chi connectivity index (χ4v) is 3.83. The van der Waals surface area contributed by atoms with Crippen molar-refractivity contribution in [2.45, 2.75) is 32.6 Å². The number of hydrogen-bond donors (Lipinski definition) is 1. The zero-order chi connectivity index (χ0) is 21.4. The van der Waals surface area contributed by atoms with E-state index in [1.54, 1.807) is 56.3 Å². The Kier molecular flexibility index (Phi) is 7.78. The predicted molar refractivity (Wildman–Crippen MR) is 111 cm³/mol. The van der Waals surface area contributed by atoms with Gasteiger partial charge in [0.25, 0.3) is 0 Å². The first kappa shape index (κ1) is 22.4. The molecule has 0 aromatic heterocycles. The molecule has 0 spiro atoms. The summed E-state index contributed by atoms with van der Waals surface area (Å²) >= 11 is 0. The van der Waals surface area contributed by atoms with Gasteiger partial charge < -0.3 is 14.8 Å². The van der Waals surface area contributed by atoms with Gasteiger partial charge in [-0.2, -0.15) is 0 Å². The fraction of sp³-hybridized carbons (Fsp3) is 0.333. The molecule has 2 aromatic rings. The molecule has 0 heterocycles. The smallest absolute Gasteiger partial charge is 0.338 e. The maximum Gasteiger partial charge on any atom is 0.338 e. The highest BCUT2D eigenvalue weighted by molar-refractivity contribution is 7.91. The van der Waals surface area contributed by atoms with E-state index in [0.29, 0.717) is 23.6 Å². The van der Waals surface area contributed by atoms with Gasteiger partial charge in [-0.3, -0.25) is 4.79 Å². The molecule has 0 saturated carbocycles. The Labute approximate surface area is 170 Å². The summed E-state index contributed by atoms with van der Waals surface area (Å²) in [6.45, 7) is 5.86. The van der Waals surface area contributed by atoms with Crippen molar-refractivity contribution in [1.29, 1.82) is 0 Å². The van der Waals surface area contributed by atoms with E-state index in [1.165, 1.54) is 6.07 Å². The second kappa shape index (κ2) is 10.1. The molecule has 29 heavy (non-hydrogen) atoms. The van der Waals surface area contributed by atoms with Crippen molar-refractivity contribution in [1.82, 2.24) is 0 Å². The molecule has 156 valence electrons. The number of esters is 1. The van der Waals surface area contributed by atoms with Crippen LogP contribution in [0.4, 0.5) is 5.69 Å². The lowest BCUT2D eigenvalue weighted by Crippen LogP contribution is -2.24. The molecule has 8 heteroatoms. The largest absolute Gasteiger partial charge is 0.494 e. The molecule has 0 aliphatic heterocycles. The van der Waals surface area contributed by atoms with Crippen molar-refractivity contribution < 1.29 is 27.5 Å². The summed E-state index contributed by atoms with van der Waals surface area (Å²) in [5.74, 6) is -1.51. The monoisotopic (exact) mass is 419 g/mol. The Morgan fingerprint density at radius 1 is 1.07 bits per heavy atom. The number of nitrogens with one attached hydrogen (secondary N) is 1. The summed E-state index contributed by atoms with van der Waals surface area (Å²) in [5, 5.41) is 2.56. The van der Waals surface area contributed by atoms with Gasteiger partial charge in [0.2, 0.25) is 5.91 Å². The van der Waals surface area contributed by atoms with Crippen LogP contribution in [0.1, 0.15) is 36.7 Å². The molecule has 0 aliphatic carbocycles. The van der Waals surface area contributed by atoms with Gasteiger partial charge in [-0.25, -0.2) is 13.2 Å². The predicted octanol–water partition coefficient (Wildman–Crippen LogP) is 3.20. The van der Waals surface area contributed by atoms with Crippen LogP contribution in [0.2, 0.25) is 0 Å². The molecule has 1 amide bonds. The minimum absolute atomic E-state index is 0.269. The van der Waals surface area contributed by atoms with Crippen molar-refractivity contribution in [2.75, 3.05) is 17.7 Å². The standard InChI is InChI=1S/C21H25NO6S/c1-4-27-19-10-8-18(9-11-19)22-20(23)14-29(25,26)13-16-6-5-7-17(12-16)21(24)28-15(2)3/h5-12,15H,4,13-14H2,1-3H3,(H,22,23). The molecule has 0 atom stereocenters. The summed E-state index contributed by atoms with van der Waals surface area (Å²) < 4.78 is 35.2. The maximum absolute atomic E-state index is 12.4. The molecule has 7 nitrogen and oxygen atoms in total. The van der Waals surface area contributed by atoms with Gasteiger partial charge in [-0.1, -0.05) is 12.1 Å². The van der Waals surface area contributed by atoms with Crippen LogP contribution >= 0.6 is 0 Å². The highest BCUT2D eigenvalue weighted by atomic mass is 32.2. The van der Waals surface area contributed by atoms with E-state index in [1.807, 2.05) is 6.92 Å². The van der Waals surface area contributed by atoms with E-state index in [0.717, 1.165) is 0 Å². The molecular weight excluding hydrogens is 394 g/mol. The molecule has 0 aliphatic rings. The van der Waals surface area contributed by atoms with E-state index in [-0.39, 0.29) is 17.4 Å². The summed E-state index contributed by atoms with van der Waals surface area (Å²) in [4.78, 5) is 24.1. The van der Waals surface area contributed by atoms with Crippen LogP contribution in [0.3, 0.4) is 0 Å². The SMILES string of the molecule is CCOc1ccc(NC(=O)CS(=O)(=O)Cc2cccc(C(=O)OC(C)C)c2)cc1. The quantitative estimate of drug-likeness (QED) is 0.627. The maximum atomic E-state index is 12.4. The van der Waals surface area contributed by atoms with E-state index in [9.17, 15) is 18.0 Å². The average Bonchev–Trinajstić information content (AvgIpc) is 2.62. The van der Waals surface area contributed by atoms with Crippen molar-refractivity contribution in [3.8, 4) is 5.75 Å². The number of amides is 1. The second-order valence-electron chi connectivity index (χ2n) is 6.69. The zero-order valence-corrected chi connectivity index (χ0v) is 17.5. The zero-order valence-electron chi connectivity index (χ0n) is 16.7. The molecule has 1 N–H and O–H groups in total. The number of carbonyl (C=O) groups is 2. The minimum atomic E-state index is -3.73. The lowest BCUT2D eigenvalue weighted by Gasteiger charge is -2.10. The Balaban J connectivity index is 1.98. The molecule has 2 aromatic carbocycles. The van der Waals surface area contributed by atoms with Gasteiger partial charge in [0.05, 0.1) is 24.0 Å². The molecule has 0 radical (unpaired) electrons. The third kappa shape index (κ3) is 7.57. The topological polar surface area (TPSA) is 98.8 Å². The minimum Gasteiger partial charge on any atom is -0.494 e. The van der Waals surface area contributed by atoms with E-state index >= 15 is 0 Å². The lowest BCUT2D eigenvalue weighted by molar-refractivity contribution is -0.113. The van der Waals surface area contributed by atoms with Gasteiger partial charge in [-0.15, -0.1) is 0 Å². The normalized spacial score (nSPS) is 11.2. The Morgan fingerprint density at radius 2 is 1.76 bits per heavy atom. The highest BCUT2D eigenvalue weighted by Gasteiger charge is 2.19. The molecule has 0 unspecified atom stereocenters. The Morgan fingerprint density at radius 3 is 2.38 bits per heavy atom. The van der Waals surface area contributed by atoms with Crippen LogP contribution in [-0.4, -0.2) is 38.8 Å². The number of hydrogen-bond acceptors (Lipinski definition) is 6. The molecular formula is C21H25NO6S. The van der Waals surface area contributed by atoms with Gasteiger partial charge in [0.15, 0.2) is 9.84 Å². The summed E-state index contributed by atoms with van der Waals surface area (Å²) in [6.07, 6.45) is -0.277. The van der Waals surface area contributed by atoms with E-state index in [2.05, 4.69) is 5.32 Å². The van der Waals surface area contributed by atoms with E-state index < -0.39 is 27.5 Å². The van der Waals surface area contributed by atoms with Crippen LogP contribution in [-0.2, 0) is 25.1 Å². The van der Waals surface area contributed by atoms with Crippen molar-refractivity contribution in [2.24, 2.45) is 0 Å². The van der Waals surface area contributed by atoms with Crippen LogP contribution in [0.25, 0.3) is 0 Å². The first-order chi connectivity index (χ1) is 13.7. The summed E-state index contributed by atoms with van der Waals surface area (Å²) in [7, 11) is -3.73. The average molecular weight is 419 g/mol. The Bertz CT molecular complexity index is 951. The van der Waals surface area contributed by atoms with E-state index in [4.69, 9.17) is 9.47 Å². The number of anilines is 1. The molecule has 2 rings (SSSR count). The number of carbonyl (C=O) groups excluding carboxylic acids is 2. The third-order valence-corrected chi connectivity index (χ3v) is 5.17. The lowest BCUT2D eigenvalue weighted by atomic mass is 10.1. The van der Waals surface area contributed by atoms with Crippen LogP contribution in [0.5, 0.6) is 5.75 Å². The molecule has 0 saturated heterocycles. The summed E-state index contributed by atoms with van der Waals surface area (Å²) in [5.41, 5.74) is 1.16. The van der Waals surface area contributed by atoms with Crippen LogP contribution in [0.15, 0.2) is 48.5 Å². The Hall–Kier alpha value is -2.87. The van der Waals surface area contributed by atoms with Gasteiger partial charge in [0, 0.05) is 5.69 Å². The van der Waals surface area contributed by atoms with Gasteiger partial charge in [-0.05, 0) is 62.7 Å². The first-order valence-corrected chi connectivity index (χ1v) is 11.0. The molecule has 0 bridgehead atoms. The third-order valence-electron chi connectivity index (χ3n) is 3.69. The van der Waals surface area contributed by atoms with Crippen LogP contribution < -0.4 is 10.1 Å². The number of benzene rings is 2. The van der Waals surface area contributed by atoms with Gasteiger partial charge in [0.1, 0.15) is 11.5 Å². The van der Waals surface area contributed by atoms with Crippen molar-refractivity contribution in [3.05, 3.63) is 59.7 Å². The van der Waals surface area contributed by atoms with Crippen molar-refractivity contribution >= 4 is 27.4 Å². The number of rotatable bonds is 9. The number of sulfone groups is 1. The fourth-order valence-electron chi connectivity index (χ4n) is 2.57. The van der Waals surface area contributed by atoms with Crippen LogP contribution in [0, 0.1) is 0 Å². The number of ether oxygens (including phenoxy) is 2.